The van der Waals surface area contributed by atoms with Crippen molar-refractivity contribution in [3.63, 3.8) is 0 Å². The van der Waals surface area contributed by atoms with Gasteiger partial charge < -0.3 is 20.9 Å². The number of hydrogen-bond donors (Lipinski definition) is 2. The molecular weight excluding hydrogens is 252 g/mol. The van der Waals surface area contributed by atoms with Gasteiger partial charge in [0.1, 0.15) is 0 Å². The lowest BCUT2D eigenvalue weighted by atomic mass is 10.2. The monoisotopic (exact) mass is 278 g/mol. The molecule has 0 heterocycles. The van der Waals surface area contributed by atoms with Crippen molar-refractivity contribution < 1.29 is 4.79 Å². The van der Waals surface area contributed by atoms with Crippen LogP contribution in [-0.4, -0.2) is 56.5 Å². The van der Waals surface area contributed by atoms with Gasteiger partial charge in [0.25, 0.3) is 0 Å². The van der Waals surface area contributed by atoms with Crippen LogP contribution in [-0.2, 0) is 11.3 Å². The number of benzene rings is 1. The van der Waals surface area contributed by atoms with Crippen LogP contribution in [0, 0.1) is 0 Å². The SMILES string of the molecule is CN(C)CCN(C)CCC(=O)Nc1ccc(CN)cc1. The summed E-state index contributed by atoms with van der Waals surface area (Å²) in [6, 6.07) is 7.63. The van der Waals surface area contributed by atoms with Gasteiger partial charge in [0.05, 0.1) is 0 Å². The smallest absolute Gasteiger partial charge is 0.225 e. The number of nitrogens with two attached hydrogens (primary N) is 1. The fourth-order valence-corrected chi connectivity index (χ4v) is 1.72. The number of nitrogens with zero attached hydrogens (tertiary/aromatic N) is 2. The number of nitrogens with one attached hydrogen (secondary N) is 1. The molecule has 112 valence electrons. The Kier molecular flexibility index (Phi) is 7.22. The lowest BCUT2D eigenvalue weighted by molar-refractivity contribution is -0.116. The van der Waals surface area contributed by atoms with Crippen LogP contribution in [0.5, 0.6) is 0 Å². The second kappa shape index (κ2) is 8.68. The summed E-state index contributed by atoms with van der Waals surface area (Å²) in [5, 5.41) is 2.90. The molecule has 0 saturated carbocycles. The van der Waals surface area contributed by atoms with Gasteiger partial charge in [-0.2, -0.15) is 0 Å². The van der Waals surface area contributed by atoms with Gasteiger partial charge in [0, 0.05) is 38.3 Å². The van der Waals surface area contributed by atoms with Crippen molar-refractivity contribution in [3.05, 3.63) is 29.8 Å². The molecule has 0 aliphatic heterocycles. The Balaban J connectivity index is 2.28. The molecule has 5 heteroatoms. The van der Waals surface area contributed by atoms with Crippen LogP contribution in [0.4, 0.5) is 5.69 Å². The van der Waals surface area contributed by atoms with Gasteiger partial charge >= 0.3 is 0 Å². The third-order valence-corrected chi connectivity index (χ3v) is 3.12. The maximum Gasteiger partial charge on any atom is 0.225 e. The quantitative estimate of drug-likeness (QED) is 0.744. The molecular formula is C15H26N4O. The average Bonchev–Trinajstić information content (AvgIpc) is 2.43. The van der Waals surface area contributed by atoms with Crippen LogP contribution in [0.1, 0.15) is 12.0 Å². The number of carbonyl (C=O) groups is 1. The highest BCUT2D eigenvalue weighted by atomic mass is 16.1. The largest absolute Gasteiger partial charge is 0.326 e. The lowest BCUT2D eigenvalue weighted by Crippen LogP contribution is -2.31. The summed E-state index contributed by atoms with van der Waals surface area (Å²) in [4.78, 5) is 16.1. The molecule has 0 aliphatic carbocycles. The van der Waals surface area contributed by atoms with E-state index in [4.69, 9.17) is 5.73 Å². The highest BCUT2D eigenvalue weighted by Crippen LogP contribution is 2.09. The molecule has 0 aromatic heterocycles. The minimum Gasteiger partial charge on any atom is -0.326 e. The third kappa shape index (κ3) is 6.65. The van der Waals surface area contributed by atoms with Gasteiger partial charge in [-0.25, -0.2) is 0 Å². The summed E-state index contributed by atoms with van der Waals surface area (Å²) in [6.07, 6.45) is 0.503. The van der Waals surface area contributed by atoms with E-state index >= 15 is 0 Å². The van der Waals surface area contributed by atoms with E-state index in [1.54, 1.807) is 0 Å². The first-order valence-electron chi connectivity index (χ1n) is 6.93. The molecule has 0 spiro atoms. The Morgan fingerprint density at radius 3 is 2.30 bits per heavy atom. The van der Waals surface area contributed by atoms with E-state index in [9.17, 15) is 4.79 Å². The van der Waals surface area contributed by atoms with Gasteiger partial charge in [0.2, 0.25) is 5.91 Å². The predicted molar refractivity (Wildman–Crippen MR) is 83.6 cm³/mol. The Hall–Kier alpha value is -1.43. The molecule has 5 nitrogen and oxygen atoms in total. The number of hydrogen-bond acceptors (Lipinski definition) is 4. The van der Waals surface area contributed by atoms with Crippen molar-refractivity contribution >= 4 is 11.6 Å². The molecule has 1 aromatic carbocycles. The number of anilines is 1. The minimum absolute atomic E-state index is 0.0437. The molecule has 1 rings (SSSR count). The predicted octanol–water partition coefficient (Wildman–Crippen LogP) is 0.967. The molecule has 3 N–H and O–H groups in total. The molecule has 1 aromatic rings. The zero-order valence-corrected chi connectivity index (χ0v) is 12.7. The first kappa shape index (κ1) is 16.6. The Morgan fingerprint density at radius 1 is 1.10 bits per heavy atom. The highest BCUT2D eigenvalue weighted by Gasteiger charge is 2.05. The molecule has 20 heavy (non-hydrogen) atoms. The van der Waals surface area contributed by atoms with Crippen LogP contribution in [0.3, 0.4) is 0 Å². The van der Waals surface area contributed by atoms with Gasteiger partial charge in [0.15, 0.2) is 0 Å². The molecule has 0 aliphatic rings. The Labute approximate surface area is 121 Å². The number of carbonyl (C=O) groups excluding carboxylic acids is 1. The second-order valence-electron chi connectivity index (χ2n) is 5.31. The van der Waals surface area contributed by atoms with Crippen molar-refractivity contribution in [1.82, 2.24) is 9.80 Å². The van der Waals surface area contributed by atoms with E-state index in [1.165, 1.54) is 0 Å². The molecule has 0 saturated heterocycles. The molecule has 0 unspecified atom stereocenters. The van der Waals surface area contributed by atoms with E-state index in [0.29, 0.717) is 13.0 Å². The summed E-state index contributed by atoms with van der Waals surface area (Å²) in [5.41, 5.74) is 7.42. The van der Waals surface area contributed by atoms with E-state index in [-0.39, 0.29) is 5.91 Å². The first-order chi connectivity index (χ1) is 9.51. The van der Waals surface area contributed by atoms with Gasteiger partial charge in [-0.1, -0.05) is 12.1 Å². The lowest BCUT2D eigenvalue weighted by Gasteiger charge is -2.18. The first-order valence-corrected chi connectivity index (χ1v) is 6.93. The normalized spacial score (nSPS) is 11.1. The minimum atomic E-state index is 0.0437. The highest BCUT2D eigenvalue weighted by molar-refractivity contribution is 5.90. The van der Waals surface area contributed by atoms with Crippen molar-refractivity contribution in [1.29, 1.82) is 0 Å². The van der Waals surface area contributed by atoms with Crippen molar-refractivity contribution in [2.75, 3.05) is 46.1 Å². The van der Waals surface area contributed by atoms with Gasteiger partial charge in [-0.05, 0) is 38.8 Å². The Morgan fingerprint density at radius 2 is 1.75 bits per heavy atom. The summed E-state index contributed by atoms with van der Waals surface area (Å²) in [5.74, 6) is 0.0437. The number of amides is 1. The van der Waals surface area contributed by atoms with Gasteiger partial charge in [-0.3, -0.25) is 4.79 Å². The van der Waals surface area contributed by atoms with Crippen molar-refractivity contribution in [2.24, 2.45) is 5.73 Å². The van der Waals surface area contributed by atoms with E-state index in [0.717, 1.165) is 30.9 Å². The zero-order chi connectivity index (χ0) is 15.0. The van der Waals surface area contributed by atoms with Crippen LogP contribution in [0.2, 0.25) is 0 Å². The van der Waals surface area contributed by atoms with Crippen LogP contribution >= 0.6 is 0 Å². The standard InChI is InChI=1S/C15H26N4O/c1-18(2)10-11-19(3)9-8-15(20)17-14-6-4-13(12-16)5-7-14/h4-7H,8-12,16H2,1-3H3,(H,17,20). The fourth-order valence-electron chi connectivity index (χ4n) is 1.72. The van der Waals surface area contributed by atoms with E-state index in [2.05, 4.69) is 15.1 Å². The van der Waals surface area contributed by atoms with Crippen molar-refractivity contribution in [3.8, 4) is 0 Å². The Bertz CT molecular complexity index is 403. The van der Waals surface area contributed by atoms with Crippen molar-refractivity contribution in [2.45, 2.75) is 13.0 Å². The molecule has 1 amide bonds. The molecule has 0 bridgehead atoms. The summed E-state index contributed by atoms with van der Waals surface area (Å²) < 4.78 is 0. The fraction of sp³-hybridized carbons (Fsp3) is 0.533. The van der Waals surface area contributed by atoms with E-state index < -0.39 is 0 Å². The summed E-state index contributed by atoms with van der Waals surface area (Å²) in [6.45, 7) is 3.25. The summed E-state index contributed by atoms with van der Waals surface area (Å²) in [7, 11) is 6.13. The number of likely N-dealkylation sites (N-methyl/N-ethyl adjacent to an activating group) is 2. The van der Waals surface area contributed by atoms with E-state index in [1.807, 2.05) is 45.4 Å². The maximum atomic E-state index is 11.8. The second-order valence-corrected chi connectivity index (χ2v) is 5.31. The third-order valence-electron chi connectivity index (χ3n) is 3.12. The van der Waals surface area contributed by atoms with Crippen LogP contribution in [0.15, 0.2) is 24.3 Å². The van der Waals surface area contributed by atoms with Crippen LogP contribution in [0.25, 0.3) is 0 Å². The van der Waals surface area contributed by atoms with Gasteiger partial charge in [-0.15, -0.1) is 0 Å². The maximum absolute atomic E-state index is 11.8. The zero-order valence-electron chi connectivity index (χ0n) is 12.7. The topological polar surface area (TPSA) is 61.6 Å². The summed E-state index contributed by atoms with van der Waals surface area (Å²) >= 11 is 0. The average molecular weight is 278 g/mol. The molecule has 0 atom stereocenters. The number of rotatable bonds is 8. The van der Waals surface area contributed by atoms with Crippen LogP contribution < -0.4 is 11.1 Å². The molecule has 0 radical (unpaired) electrons. The molecule has 0 fully saturated rings.